The SMILES string of the molecule is COC(=O)/C=C1\C=CC([C@@H]2[C@@H](CCCc3ccccc3)C(=O)N2c2ccc(OC)cc2)=CC1. The predicted octanol–water partition coefficient (Wildman–Crippen LogP) is 5.04. The number of hydrogen-bond donors (Lipinski definition) is 0. The van der Waals surface area contributed by atoms with Gasteiger partial charge >= 0.3 is 5.97 Å². The number of rotatable bonds is 8. The average Bonchev–Trinajstić information content (AvgIpc) is 2.86. The number of hydrogen-bond acceptors (Lipinski definition) is 4. The minimum Gasteiger partial charge on any atom is -0.497 e. The highest BCUT2D eigenvalue weighted by Gasteiger charge is 2.48. The minimum absolute atomic E-state index is 0.0161. The third-order valence-corrected chi connectivity index (χ3v) is 6.30. The van der Waals surface area contributed by atoms with Crippen LogP contribution in [0.15, 0.2) is 90.0 Å². The highest BCUT2D eigenvalue weighted by atomic mass is 16.5. The number of allylic oxidation sites excluding steroid dienone is 3. The van der Waals surface area contributed by atoms with E-state index < -0.39 is 0 Å². The standard InChI is InChI=1S/C28H29NO4/c1-32-24-17-15-23(16-18-24)29-27(22-13-11-21(12-14-22)19-26(30)33-2)25(28(29)31)10-6-9-20-7-4-3-5-8-20/h3-5,7-8,11,13-19,25,27H,6,9-10,12H2,1-2H3/b21-19+/t25-,27-/m1/s1. The number of aryl methyl sites for hydroxylation is 1. The molecule has 170 valence electrons. The Morgan fingerprint density at radius 3 is 2.45 bits per heavy atom. The Balaban J connectivity index is 1.52. The Kier molecular flexibility index (Phi) is 7.08. The summed E-state index contributed by atoms with van der Waals surface area (Å²) >= 11 is 0. The van der Waals surface area contributed by atoms with Crippen LogP contribution in [0.25, 0.3) is 0 Å². The number of nitrogens with zero attached hydrogens (tertiary/aromatic N) is 1. The molecule has 1 saturated heterocycles. The normalized spacial score (nSPS) is 20.9. The van der Waals surface area contributed by atoms with Gasteiger partial charge in [0, 0.05) is 11.8 Å². The Hall–Kier alpha value is -3.60. The van der Waals surface area contributed by atoms with Gasteiger partial charge < -0.3 is 14.4 Å². The Labute approximate surface area is 195 Å². The second-order valence-corrected chi connectivity index (χ2v) is 8.32. The Bertz CT molecular complexity index is 1080. The quantitative estimate of drug-likeness (QED) is 0.326. The first-order valence-electron chi connectivity index (χ1n) is 11.3. The zero-order valence-corrected chi connectivity index (χ0v) is 19.1. The molecular weight excluding hydrogens is 414 g/mol. The van der Waals surface area contributed by atoms with Crippen molar-refractivity contribution < 1.29 is 19.1 Å². The summed E-state index contributed by atoms with van der Waals surface area (Å²) in [5.41, 5.74) is 4.17. The van der Waals surface area contributed by atoms with Crippen LogP contribution in [-0.4, -0.2) is 32.1 Å². The van der Waals surface area contributed by atoms with Crippen LogP contribution in [0.1, 0.15) is 24.8 Å². The summed E-state index contributed by atoms with van der Waals surface area (Å²) in [4.78, 5) is 26.7. The third-order valence-electron chi connectivity index (χ3n) is 6.30. The van der Waals surface area contributed by atoms with Crippen LogP contribution in [0.3, 0.4) is 0 Å². The van der Waals surface area contributed by atoms with Crippen molar-refractivity contribution in [3.63, 3.8) is 0 Å². The van der Waals surface area contributed by atoms with E-state index in [1.165, 1.54) is 18.7 Å². The first-order valence-corrected chi connectivity index (χ1v) is 11.3. The van der Waals surface area contributed by atoms with Gasteiger partial charge in [0.2, 0.25) is 5.91 Å². The number of anilines is 1. The van der Waals surface area contributed by atoms with Crippen molar-refractivity contribution in [2.75, 3.05) is 19.1 Å². The van der Waals surface area contributed by atoms with Gasteiger partial charge in [-0.25, -0.2) is 4.79 Å². The van der Waals surface area contributed by atoms with Crippen molar-refractivity contribution in [1.82, 2.24) is 0 Å². The van der Waals surface area contributed by atoms with E-state index in [9.17, 15) is 9.59 Å². The topological polar surface area (TPSA) is 55.8 Å². The number of benzene rings is 2. The van der Waals surface area contributed by atoms with Gasteiger partial charge in [0.25, 0.3) is 0 Å². The van der Waals surface area contributed by atoms with E-state index in [1.54, 1.807) is 7.11 Å². The van der Waals surface area contributed by atoms with E-state index in [4.69, 9.17) is 9.47 Å². The molecule has 1 amide bonds. The molecule has 2 aliphatic rings. The molecule has 0 radical (unpaired) electrons. The monoisotopic (exact) mass is 443 g/mol. The lowest BCUT2D eigenvalue weighted by molar-refractivity contribution is -0.135. The van der Waals surface area contributed by atoms with Crippen molar-refractivity contribution in [2.24, 2.45) is 5.92 Å². The van der Waals surface area contributed by atoms with Crippen molar-refractivity contribution in [1.29, 1.82) is 0 Å². The van der Waals surface area contributed by atoms with E-state index in [0.29, 0.717) is 6.42 Å². The molecule has 4 rings (SSSR count). The van der Waals surface area contributed by atoms with Gasteiger partial charge in [-0.3, -0.25) is 4.79 Å². The zero-order valence-electron chi connectivity index (χ0n) is 19.1. The molecule has 2 aromatic carbocycles. The fraction of sp³-hybridized carbons (Fsp3) is 0.286. The van der Waals surface area contributed by atoms with E-state index in [1.807, 2.05) is 47.4 Å². The molecule has 0 bridgehead atoms. The van der Waals surface area contributed by atoms with Gasteiger partial charge in [-0.15, -0.1) is 0 Å². The highest BCUT2D eigenvalue weighted by molar-refractivity contribution is 6.04. The molecule has 0 spiro atoms. The summed E-state index contributed by atoms with van der Waals surface area (Å²) in [6.07, 6.45) is 11.0. The summed E-state index contributed by atoms with van der Waals surface area (Å²) in [6.45, 7) is 0. The van der Waals surface area contributed by atoms with Crippen LogP contribution in [0, 0.1) is 5.92 Å². The smallest absolute Gasteiger partial charge is 0.330 e. The maximum absolute atomic E-state index is 13.2. The van der Waals surface area contributed by atoms with Crippen LogP contribution in [0.2, 0.25) is 0 Å². The molecule has 1 fully saturated rings. The Morgan fingerprint density at radius 1 is 1.06 bits per heavy atom. The number of carbonyl (C=O) groups excluding carboxylic acids is 2. The molecule has 0 aromatic heterocycles. The molecule has 0 N–H and O–H groups in total. The van der Waals surface area contributed by atoms with E-state index >= 15 is 0 Å². The van der Waals surface area contributed by atoms with Crippen molar-refractivity contribution in [3.8, 4) is 5.75 Å². The van der Waals surface area contributed by atoms with Gasteiger partial charge in [0.05, 0.1) is 26.2 Å². The van der Waals surface area contributed by atoms with Gasteiger partial charge in [0.1, 0.15) is 5.75 Å². The van der Waals surface area contributed by atoms with E-state index in [2.05, 4.69) is 30.3 Å². The zero-order chi connectivity index (χ0) is 23.2. The molecule has 33 heavy (non-hydrogen) atoms. The van der Waals surface area contributed by atoms with Crippen molar-refractivity contribution in [2.45, 2.75) is 31.7 Å². The van der Waals surface area contributed by atoms with Crippen LogP contribution >= 0.6 is 0 Å². The molecule has 5 heteroatoms. The van der Waals surface area contributed by atoms with Gasteiger partial charge in [-0.05, 0) is 66.7 Å². The molecule has 0 saturated carbocycles. The van der Waals surface area contributed by atoms with Crippen LogP contribution < -0.4 is 9.64 Å². The molecule has 1 aliphatic carbocycles. The molecule has 1 aliphatic heterocycles. The number of methoxy groups -OCH3 is 2. The third kappa shape index (κ3) is 5.08. The van der Waals surface area contributed by atoms with Crippen molar-refractivity contribution >= 4 is 17.6 Å². The van der Waals surface area contributed by atoms with Crippen LogP contribution in [0.5, 0.6) is 5.75 Å². The number of ether oxygens (including phenoxy) is 2. The van der Waals surface area contributed by atoms with Gasteiger partial charge in [-0.2, -0.15) is 0 Å². The van der Waals surface area contributed by atoms with Crippen LogP contribution in [0.4, 0.5) is 5.69 Å². The van der Waals surface area contributed by atoms with Gasteiger partial charge in [-0.1, -0.05) is 48.6 Å². The molecule has 5 nitrogen and oxygen atoms in total. The first-order chi connectivity index (χ1) is 16.1. The lowest BCUT2D eigenvalue weighted by Crippen LogP contribution is -2.62. The van der Waals surface area contributed by atoms with E-state index in [0.717, 1.165) is 41.8 Å². The molecule has 0 unspecified atom stereocenters. The molecule has 1 heterocycles. The van der Waals surface area contributed by atoms with Crippen LogP contribution in [-0.2, 0) is 20.7 Å². The van der Waals surface area contributed by atoms with Gasteiger partial charge in [0.15, 0.2) is 0 Å². The lowest BCUT2D eigenvalue weighted by Gasteiger charge is -2.48. The van der Waals surface area contributed by atoms with Crippen molar-refractivity contribution in [3.05, 3.63) is 95.6 Å². The van der Waals surface area contributed by atoms with E-state index in [-0.39, 0.29) is 23.8 Å². The predicted molar refractivity (Wildman–Crippen MR) is 129 cm³/mol. The number of amides is 1. The number of esters is 1. The molecular formula is C28H29NO4. The first kappa shape index (κ1) is 22.6. The minimum atomic E-state index is -0.357. The summed E-state index contributed by atoms with van der Waals surface area (Å²) in [7, 11) is 3.01. The molecule has 2 aromatic rings. The maximum Gasteiger partial charge on any atom is 0.330 e. The second-order valence-electron chi connectivity index (χ2n) is 8.32. The number of β-lactam (4-membered cyclic amide) rings is 1. The fourth-order valence-corrected chi connectivity index (χ4v) is 4.52. The largest absolute Gasteiger partial charge is 0.497 e. The maximum atomic E-state index is 13.2. The highest BCUT2D eigenvalue weighted by Crippen LogP contribution is 2.41. The Morgan fingerprint density at radius 2 is 1.82 bits per heavy atom. The summed E-state index contributed by atoms with van der Waals surface area (Å²) in [5.74, 6) is 0.502. The summed E-state index contributed by atoms with van der Waals surface area (Å²) in [6, 6.07) is 18.0. The second kappa shape index (κ2) is 10.3. The average molecular weight is 444 g/mol. The lowest BCUT2D eigenvalue weighted by atomic mass is 9.76. The summed E-state index contributed by atoms with van der Waals surface area (Å²) < 4.78 is 10.0. The summed E-state index contributed by atoms with van der Waals surface area (Å²) in [5, 5.41) is 0. The molecule has 2 atom stereocenters. The fourth-order valence-electron chi connectivity index (χ4n) is 4.52. The number of carbonyl (C=O) groups is 2.